The lowest BCUT2D eigenvalue weighted by Crippen LogP contribution is -1.76. The Morgan fingerprint density at radius 1 is 1.33 bits per heavy atom. The van der Waals surface area contributed by atoms with Crippen molar-refractivity contribution in [2.45, 2.75) is 13.8 Å². The van der Waals surface area contributed by atoms with Crippen LogP contribution in [0.1, 0.15) is 13.8 Å². The van der Waals surface area contributed by atoms with Crippen LogP contribution in [0.25, 0.3) is 0 Å². The van der Waals surface area contributed by atoms with Crippen LogP contribution in [0.4, 0.5) is 0 Å². The Hall–Kier alpha value is 0.390. The van der Waals surface area contributed by atoms with E-state index in [0.29, 0.717) is 0 Å². The van der Waals surface area contributed by atoms with Crippen molar-refractivity contribution in [3.8, 4) is 0 Å². The molecular weight excluding hydrogens is 95.0 g/mol. The molecular formula is C4H11OP. The molecule has 1 nitrogen and oxygen atoms in total. The molecule has 0 unspecified atom stereocenters. The molecule has 0 saturated heterocycles. The molecule has 0 aliphatic rings. The van der Waals surface area contributed by atoms with E-state index >= 15 is 0 Å². The van der Waals surface area contributed by atoms with E-state index in [1.807, 2.05) is 13.8 Å². The van der Waals surface area contributed by atoms with E-state index in [9.17, 15) is 0 Å². The highest BCUT2D eigenvalue weighted by molar-refractivity contribution is 7.51. The Balaban J connectivity index is 2.75. The predicted octanol–water partition coefficient (Wildman–Crippen LogP) is 1.42. The van der Waals surface area contributed by atoms with Crippen molar-refractivity contribution < 1.29 is 4.89 Å². The van der Waals surface area contributed by atoms with E-state index in [1.54, 1.807) is 0 Å². The molecule has 0 aromatic carbocycles. The molecule has 0 amide bonds. The first-order valence-corrected chi connectivity index (χ1v) is 3.91. The van der Waals surface area contributed by atoms with Gasteiger partial charge >= 0.3 is 0 Å². The molecule has 0 radical (unpaired) electrons. The predicted molar refractivity (Wildman–Crippen MR) is 30.2 cm³/mol. The molecule has 0 rings (SSSR count). The van der Waals surface area contributed by atoms with E-state index < -0.39 is 8.15 Å². The number of hydrogen-bond donors (Lipinski definition) is 1. The van der Waals surface area contributed by atoms with Crippen molar-refractivity contribution in [2.24, 2.45) is 0 Å². The third-order valence-corrected chi connectivity index (χ3v) is 2.19. The van der Waals surface area contributed by atoms with Gasteiger partial charge in [-0.3, -0.25) is 0 Å². The minimum atomic E-state index is -0.576. The standard InChI is InChI=1S/C4H11OP/c1-3-6(5)4-2/h5H,3-4H2,1-2H3. The SMILES string of the molecule is CCP(O)CC. The monoisotopic (exact) mass is 106 g/mol. The summed E-state index contributed by atoms with van der Waals surface area (Å²) in [7, 11) is -0.576. The molecule has 0 aliphatic carbocycles. The summed E-state index contributed by atoms with van der Waals surface area (Å²) in [5, 5.41) is 0. The number of rotatable bonds is 2. The van der Waals surface area contributed by atoms with Crippen molar-refractivity contribution in [1.29, 1.82) is 0 Å². The van der Waals surface area contributed by atoms with E-state index in [4.69, 9.17) is 4.89 Å². The lowest BCUT2D eigenvalue weighted by atomic mass is 11.0. The summed E-state index contributed by atoms with van der Waals surface area (Å²) in [4.78, 5) is 8.73. The number of hydrogen-bond acceptors (Lipinski definition) is 1. The van der Waals surface area contributed by atoms with Crippen molar-refractivity contribution in [3.05, 3.63) is 0 Å². The average Bonchev–Trinajstić information content (AvgIpc) is 1.65. The fourth-order valence-electron chi connectivity index (χ4n) is 0.224. The van der Waals surface area contributed by atoms with Crippen LogP contribution in [0.3, 0.4) is 0 Å². The van der Waals surface area contributed by atoms with Gasteiger partial charge in [0, 0.05) is 8.15 Å². The summed E-state index contributed by atoms with van der Waals surface area (Å²) < 4.78 is 0. The summed E-state index contributed by atoms with van der Waals surface area (Å²) in [5.74, 6) is 0. The van der Waals surface area contributed by atoms with Gasteiger partial charge in [-0.2, -0.15) is 0 Å². The second kappa shape index (κ2) is 3.58. The average molecular weight is 106 g/mol. The van der Waals surface area contributed by atoms with Gasteiger partial charge in [0.25, 0.3) is 0 Å². The molecule has 0 atom stereocenters. The lowest BCUT2D eigenvalue weighted by Gasteiger charge is -1.98. The Morgan fingerprint density at radius 2 is 1.67 bits per heavy atom. The zero-order chi connectivity index (χ0) is 4.99. The van der Waals surface area contributed by atoms with Crippen LogP contribution in [-0.2, 0) is 0 Å². The van der Waals surface area contributed by atoms with E-state index in [0.717, 1.165) is 12.3 Å². The van der Waals surface area contributed by atoms with Crippen LogP contribution in [0.2, 0.25) is 0 Å². The zero-order valence-electron chi connectivity index (χ0n) is 4.31. The fourth-order valence-corrected chi connectivity index (χ4v) is 0.671. The van der Waals surface area contributed by atoms with Gasteiger partial charge < -0.3 is 4.89 Å². The molecule has 38 valence electrons. The maximum Gasteiger partial charge on any atom is 0.0245 e. The van der Waals surface area contributed by atoms with E-state index in [2.05, 4.69) is 0 Å². The Kier molecular flexibility index (Phi) is 3.81. The van der Waals surface area contributed by atoms with Gasteiger partial charge in [0.05, 0.1) is 0 Å². The Morgan fingerprint density at radius 3 is 1.67 bits per heavy atom. The van der Waals surface area contributed by atoms with Gasteiger partial charge in [0.2, 0.25) is 0 Å². The molecule has 0 fully saturated rings. The van der Waals surface area contributed by atoms with Gasteiger partial charge in [0.15, 0.2) is 0 Å². The zero-order valence-corrected chi connectivity index (χ0v) is 5.20. The highest BCUT2D eigenvalue weighted by atomic mass is 31.1. The first-order chi connectivity index (χ1) is 2.81. The van der Waals surface area contributed by atoms with Crippen molar-refractivity contribution in [1.82, 2.24) is 0 Å². The highest BCUT2D eigenvalue weighted by Gasteiger charge is 1.90. The van der Waals surface area contributed by atoms with Crippen LogP contribution in [0.5, 0.6) is 0 Å². The van der Waals surface area contributed by atoms with Crippen molar-refractivity contribution in [2.75, 3.05) is 12.3 Å². The fraction of sp³-hybridized carbons (Fsp3) is 1.00. The van der Waals surface area contributed by atoms with Gasteiger partial charge in [-0.15, -0.1) is 0 Å². The van der Waals surface area contributed by atoms with Crippen LogP contribution >= 0.6 is 8.15 Å². The molecule has 1 N–H and O–H groups in total. The molecule has 0 heterocycles. The molecule has 0 aromatic heterocycles. The van der Waals surface area contributed by atoms with Gasteiger partial charge in [-0.1, -0.05) is 13.8 Å². The first-order valence-electron chi connectivity index (χ1n) is 2.25. The van der Waals surface area contributed by atoms with Crippen LogP contribution in [0.15, 0.2) is 0 Å². The summed E-state index contributed by atoms with van der Waals surface area (Å²) in [6.07, 6.45) is 1.90. The second-order valence-electron chi connectivity index (χ2n) is 1.14. The highest BCUT2D eigenvalue weighted by Crippen LogP contribution is 2.26. The summed E-state index contributed by atoms with van der Waals surface area (Å²) in [6, 6.07) is 0. The maximum atomic E-state index is 8.73. The first kappa shape index (κ1) is 6.39. The molecule has 0 aromatic rings. The van der Waals surface area contributed by atoms with Crippen LogP contribution in [-0.4, -0.2) is 17.2 Å². The van der Waals surface area contributed by atoms with Crippen molar-refractivity contribution >= 4 is 8.15 Å². The summed E-state index contributed by atoms with van der Waals surface area (Å²) in [5.41, 5.74) is 0. The quantitative estimate of drug-likeness (QED) is 0.528. The van der Waals surface area contributed by atoms with Gasteiger partial charge in [0.1, 0.15) is 0 Å². The van der Waals surface area contributed by atoms with Gasteiger partial charge in [-0.25, -0.2) is 0 Å². The Bertz CT molecular complexity index is 26.7. The molecule has 0 spiro atoms. The molecule has 0 aliphatic heterocycles. The topological polar surface area (TPSA) is 20.2 Å². The Labute approximate surface area is 40.2 Å². The van der Waals surface area contributed by atoms with Crippen molar-refractivity contribution in [3.63, 3.8) is 0 Å². The third-order valence-electron chi connectivity index (χ3n) is 0.730. The molecule has 2 heteroatoms. The lowest BCUT2D eigenvalue weighted by molar-refractivity contribution is 0.626. The van der Waals surface area contributed by atoms with Crippen LogP contribution in [0, 0.1) is 0 Å². The minimum Gasteiger partial charge on any atom is -0.374 e. The largest absolute Gasteiger partial charge is 0.374 e. The normalized spacial score (nSPS) is 10.0. The second-order valence-corrected chi connectivity index (χ2v) is 3.42. The molecule has 0 bridgehead atoms. The summed E-state index contributed by atoms with van der Waals surface area (Å²) >= 11 is 0. The molecule has 0 saturated carbocycles. The smallest absolute Gasteiger partial charge is 0.0245 e. The van der Waals surface area contributed by atoms with E-state index in [1.165, 1.54) is 0 Å². The molecule has 6 heavy (non-hydrogen) atoms. The van der Waals surface area contributed by atoms with E-state index in [-0.39, 0.29) is 0 Å². The van der Waals surface area contributed by atoms with Crippen LogP contribution < -0.4 is 0 Å². The summed E-state index contributed by atoms with van der Waals surface area (Å²) in [6.45, 7) is 4.02. The minimum absolute atomic E-state index is 0.576. The maximum absolute atomic E-state index is 8.73. The van der Waals surface area contributed by atoms with Gasteiger partial charge in [-0.05, 0) is 12.3 Å². The third kappa shape index (κ3) is 2.62.